The summed E-state index contributed by atoms with van der Waals surface area (Å²) in [5, 5.41) is 9.23. The van der Waals surface area contributed by atoms with Gasteiger partial charge in [0, 0.05) is 19.1 Å². The number of nitrogens with zero attached hydrogens (tertiary/aromatic N) is 1. The Labute approximate surface area is 92.4 Å². The molecule has 2 aliphatic rings. The molecule has 0 aromatic heterocycles. The monoisotopic (exact) mass is 213 g/mol. The second-order valence-corrected chi connectivity index (χ2v) is 5.55. The molecule has 1 atom stereocenters. The summed E-state index contributed by atoms with van der Waals surface area (Å²) in [5.74, 6) is 0. The molecule has 88 valence electrons. The molecule has 0 radical (unpaired) electrons. The molecule has 1 aliphatic heterocycles. The molecule has 0 aromatic carbocycles. The molecule has 3 heteroatoms. The van der Waals surface area contributed by atoms with Crippen molar-refractivity contribution in [2.45, 2.75) is 57.3 Å². The third-order valence-corrected chi connectivity index (χ3v) is 3.55. The summed E-state index contributed by atoms with van der Waals surface area (Å²) in [5.41, 5.74) is -0.103. The Bertz CT molecular complexity index is 212. The molecule has 1 saturated carbocycles. The second kappa shape index (κ2) is 4.40. The lowest BCUT2D eigenvalue weighted by atomic mass is 10.0. The highest BCUT2D eigenvalue weighted by atomic mass is 16.5. The number of morpholine rings is 1. The minimum absolute atomic E-state index is 0.00866. The molecule has 0 spiro atoms. The summed E-state index contributed by atoms with van der Waals surface area (Å²) >= 11 is 0. The van der Waals surface area contributed by atoms with Crippen LogP contribution in [0.25, 0.3) is 0 Å². The standard InChI is InChI=1S/C12H23NO2/c1-12(2)9-13(7-11(8-14)15-12)10-5-3-4-6-10/h10-11,14H,3-9H2,1-2H3. The van der Waals surface area contributed by atoms with Gasteiger partial charge < -0.3 is 9.84 Å². The lowest BCUT2D eigenvalue weighted by Gasteiger charge is -2.44. The fraction of sp³-hybridized carbons (Fsp3) is 1.00. The van der Waals surface area contributed by atoms with E-state index < -0.39 is 0 Å². The van der Waals surface area contributed by atoms with Crippen LogP contribution in [0.15, 0.2) is 0 Å². The molecule has 3 nitrogen and oxygen atoms in total. The van der Waals surface area contributed by atoms with Crippen molar-refractivity contribution in [2.75, 3.05) is 19.7 Å². The first-order valence-corrected chi connectivity index (χ1v) is 6.13. The molecule has 1 heterocycles. The van der Waals surface area contributed by atoms with E-state index in [0.29, 0.717) is 0 Å². The fourth-order valence-electron chi connectivity index (χ4n) is 2.98. The number of rotatable bonds is 2. The summed E-state index contributed by atoms with van der Waals surface area (Å²) in [6.45, 7) is 6.30. The van der Waals surface area contributed by atoms with Crippen molar-refractivity contribution in [3.63, 3.8) is 0 Å². The van der Waals surface area contributed by atoms with Gasteiger partial charge in [0.2, 0.25) is 0 Å². The molecule has 0 amide bonds. The number of aliphatic hydroxyl groups excluding tert-OH is 1. The summed E-state index contributed by atoms with van der Waals surface area (Å²) in [7, 11) is 0. The molecule has 1 aliphatic carbocycles. The Morgan fingerprint density at radius 3 is 2.60 bits per heavy atom. The molecule has 0 bridgehead atoms. The van der Waals surface area contributed by atoms with Gasteiger partial charge in [-0.2, -0.15) is 0 Å². The van der Waals surface area contributed by atoms with Crippen molar-refractivity contribution < 1.29 is 9.84 Å². The first kappa shape index (κ1) is 11.4. The maximum absolute atomic E-state index is 9.23. The topological polar surface area (TPSA) is 32.7 Å². The van der Waals surface area contributed by atoms with Crippen LogP contribution in [0.1, 0.15) is 39.5 Å². The smallest absolute Gasteiger partial charge is 0.0940 e. The normalized spacial score (nSPS) is 33.4. The van der Waals surface area contributed by atoms with Gasteiger partial charge in [-0.15, -0.1) is 0 Å². The lowest BCUT2D eigenvalue weighted by Crippen LogP contribution is -2.56. The molecule has 2 fully saturated rings. The Morgan fingerprint density at radius 2 is 2.00 bits per heavy atom. The Hall–Kier alpha value is -0.120. The first-order valence-electron chi connectivity index (χ1n) is 6.13. The van der Waals surface area contributed by atoms with Gasteiger partial charge in [-0.05, 0) is 26.7 Å². The third-order valence-electron chi connectivity index (χ3n) is 3.55. The number of ether oxygens (including phenoxy) is 1. The minimum atomic E-state index is -0.103. The summed E-state index contributed by atoms with van der Waals surface area (Å²) in [6.07, 6.45) is 5.40. The van der Waals surface area contributed by atoms with Crippen molar-refractivity contribution in [1.29, 1.82) is 0 Å². The van der Waals surface area contributed by atoms with Gasteiger partial charge in [0.25, 0.3) is 0 Å². The van der Waals surface area contributed by atoms with Crippen molar-refractivity contribution in [1.82, 2.24) is 4.90 Å². The lowest BCUT2D eigenvalue weighted by molar-refractivity contribution is -0.156. The fourth-order valence-corrected chi connectivity index (χ4v) is 2.98. The van der Waals surface area contributed by atoms with E-state index in [0.717, 1.165) is 19.1 Å². The highest BCUT2D eigenvalue weighted by Gasteiger charge is 2.36. The van der Waals surface area contributed by atoms with Crippen molar-refractivity contribution in [3.05, 3.63) is 0 Å². The number of aliphatic hydroxyl groups is 1. The van der Waals surface area contributed by atoms with E-state index in [2.05, 4.69) is 18.7 Å². The van der Waals surface area contributed by atoms with Crippen molar-refractivity contribution in [2.24, 2.45) is 0 Å². The second-order valence-electron chi connectivity index (χ2n) is 5.55. The molecule has 15 heavy (non-hydrogen) atoms. The molecule has 2 rings (SSSR count). The largest absolute Gasteiger partial charge is 0.394 e. The number of hydrogen-bond donors (Lipinski definition) is 1. The van der Waals surface area contributed by atoms with Gasteiger partial charge >= 0.3 is 0 Å². The predicted molar refractivity (Wildman–Crippen MR) is 59.9 cm³/mol. The minimum Gasteiger partial charge on any atom is -0.394 e. The van der Waals surface area contributed by atoms with E-state index in [1.807, 2.05) is 0 Å². The zero-order valence-electron chi connectivity index (χ0n) is 9.91. The average molecular weight is 213 g/mol. The Kier molecular flexibility index (Phi) is 3.33. The molecule has 1 N–H and O–H groups in total. The van der Waals surface area contributed by atoms with Crippen LogP contribution >= 0.6 is 0 Å². The number of hydrogen-bond acceptors (Lipinski definition) is 3. The average Bonchev–Trinajstić information content (AvgIpc) is 2.68. The van der Waals surface area contributed by atoms with Gasteiger partial charge in [-0.3, -0.25) is 4.90 Å². The van der Waals surface area contributed by atoms with E-state index >= 15 is 0 Å². The zero-order valence-corrected chi connectivity index (χ0v) is 9.91. The van der Waals surface area contributed by atoms with Crippen LogP contribution in [0.4, 0.5) is 0 Å². The highest BCUT2D eigenvalue weighted by Crippen LogP contribution is 2.29. The van der Waals surface area contributed by atoms with Crippen LogP contribution < -0.4 is 0 Å². The van der Waals surface area contributed by atoms with E-state index in [-0.39, 0.29) is 18.3 Å². The van der Waals surface area contributed by atoms with E-state index in [1.165, 1.54) is 25.7 Å². The molecule has 0 aromatic rings. The van der Waals surface area contributed by atoms with Crippen LogP contribution in [0.3, 0.4) is 0 Å². The maximum atomic E-state index is 9.23. The zero-order chi connectivity index (χ0) is 10.9. The molecule has 1 unspecified atom stereocenters. The SMILES string of the molecule is CC1(C)CN(C2CCCC2)CC(CO)O1. The van der Waals surface area contributed by atoms with Gasteiger partial charge in [0.1, 0.15) is 0 Å². The van der Waals surface area contributed by atoms with E-state index in [9.17, 15) is 5.11 Å². The highest BCUT2D eigenvalue weighted by molar-refractivity contribution is 4.89. The van der Waals surface area contributed by atoms with Crippen LogP contribution in [-0.2, 0) is 4.74 Å². The van der Waals surface area contributed by atoms with E-state index in [4.69, 9.17) is 4.74 Å². The maximum Gasteiger partial charge on any atom is 0.0940 e. The van der Waals surface area contributed by atoms with Crippen LogP contribution in [0.2, 0.25) is 0 Å². The van der Waals surface area contributed by atoms with Gasteiger partial charge in [0.05, 0.1) is 18.3 Å². The summed E-state index contributed by atoms with van der Waals surface area (Å²) in [4.78, 5) is 2.53. The molecule has 1 saturated heterocycles. The summed E-state index contributed by atoms with van der Waals surface area (Å²) in [6, 6.07) is 0.738. The van der Waals surface area contributed by atoms with Gasteiger partial charge in [0.15, 0.2) is 0 Å². The predicted octanol–water partition coefficient (Wildman–Crippen LogP) is 1.40. The third kappa shape index (κ3) is 2.71. The molecular formula is C12H23NO2. The van der Waals surface area contributed by atoms with Gasteiger partial charge in [-0.1, -0.05) is 12.8 Å². The van der Waals surface area contributed by atoms with Gasteiger partial charge in [-0.25, -0.2) is 0 Å². The van der Waals surface area contributed by atoms with E-state index in [1.54, 1.807) is 0 Å². The molecular weight excluding hydrogens is 190 g/mol. The Morgan fingerprint density at radius 1 is 1.33 bits per heavy atom. The van der Waals surface area contributed by atoms with Crippen LogP contribution in [0, 0.1) is 0 Å². The van der Waals surface area contributed by atoms with Crippen molar-refractivity contribution in [3.8, 4) is 0 Å². The van der Waals surface area contributed by atoms with Crippen molar-refractivity contribution >= 4 is 0 Å². The Balaban J connectivity index is 1.98. The van der Waals surface area contributed by atoms with Crippen LogP contribution in [-0.4, -0.2) is 47.4 Å². The van der Waals surface area contributed by atoms with Crippen LogP contribution in [0.5, 0.6) is 0 Å². The quantitative estimate of drug-likeness (QED) is 0.752. The summed E-state index contributed by atoms with van der Waals surface area (Å²) < 4.78 is 5.82. The first-order chi connectivity index (χ1) is 7.11.